The molecular weight excluding hydrogens is 260 g/mol. The van der Waals surface area contributed by atoms with Crippen LogP contribution in [0.25, 0.3) is 0 Å². The molecule has 118 valence electrons. The number of rotatable bonds is 3. The lowest BCUT2D eigenvalue weighted by molar-refractivity contribution is 0.345. The molecule has 2 unspecified atom stereocenters. The van der Waals surface area contributed by atoms with Gasteiger partial charge in [0.05, 0.1) is 5.69 Å². The van der Waals surface area contributed by atoms with Crippen LogP contribution in [-0.4, -0.2) is 34.7 Å². The number of aryl methyl sites for hydroxylation is 1. The largest absolute Gasteiger partial charge is 0.339 e. The Hall–Kier alpha value is -1.03. The molecule has 3 rings (SSSR count). The lowest BCUT2D eigenvalue weighted by Gasteiger charge is -2.38. The summed E-state index contributed by atoms with van der Waals surface area (Å²) in [7, 11) is 0. The highest BCUT2D eigenvalue weighted by molar-refractivity contribution is 5.36. The summed E-state index contributed by atoms with van der Waals surface area (Å²) in [6.07, 6.45) is 10.2. The Morgan fingerprint density at radius 1 is 1.14 bits per heavy atom. The summed E-state index contributed by atoms with van der Waals surface area (Å²) in [5.41, 5.74) is 1.24. The first-order chi connectivity index (χ1) is 10.2. The smallest absolute Gasteiger partial charge is 0.206 e. The van der Waals surface area contributed by atoms with Crippen LogP contribution >= 0.6 is 0 Å². The van der Waals surface area contributed by atoms with Crippen molar-refractivity contribution in [2.45, 2.75) is 77.4 Å². The van der Waals surface area contributed by atoms with Crippen LogP contribution in [-0.2, 0) is 6.42 Å². The average molecular weight is 290 g/mol. The first-order valence-corrected chi connectivity index (χ1v) is 8.76. The van der Waals surface area contributed by atoms with Gasteiger partial charge >= 0.3 is 0 Å². The molecule has 1 aromatic heterocycles. The molecule has 1 aromatic rings. The number of nitrogens with zero attached hydrogens (tertiary/aromatic N) is 3. The number of aromatic nitrogens is 2. The van der Waals surface area contributed by atoms with Gasteiger partial charge in [0.1, 0.15) is 0 Å². The Bertz CT molecular complexity index is 451. The van der Waals surface area contributed by atoms with E-state index in [9.17, 15) is 0 Å². The van der Waals surface area contributed by atoms with Gasteiger partial charge in [0.2, 0.25) is 5.95 Å². The highest BCUT2D eigenvalue weighted by Crippen LogP contribution is 2.32. The molecule has 0 amide bonds. The third kappa shape index (κ3) is 3.25. The molecule has 1 aliphatic heterocycles. The van der Waals surface area contributed by atoms with Crippen LogP contribution in [0.5, 0.6) is 0 Å². The van der Waals surface area contributed by atoms with Crippen molar-refractivity contribution in [3.05, 3.63) is 11.9 Å². The third-order valence-electron chi connectivity index (χ3n) is 4.93. The molecule has 21 heavy (non-hydrogen) atoms. The summed E-state index contributed by atoms with van der Waals surface area (Å²) in [4.78, 5) is 7.46. The van der Waals surface area contributed by atoms with Crippen molar-refractivity contribution in [3.63, 3.8) is 0 Å². The second-order valence-corrected chi connectivity index (χ2v) is 6.96. The summed E-state index contributed by atoms with van der Waals surface area (Å²) in [6, 6.07) is 1.74. The lowest BCUT2D eigenvalue weighted by atomic mass is 9.95. The van der Waals surface area contributed by atoms with Gasteiger partial charge in [0.25, 0.3) is 0 Å². The zero-order valence-electron chi connectivity index (χ0n) is 13.8. The van der Waals surface area contributed by atoms with Crippen molar-refractivity contribution in [3.8, 4) is 0 Å². The van der Waals surface area contributed by atoms with Crippen molar-refractivity contribution in [2.24, 2.45) is 0 Å². The Labute approximate surface area is 128 Å². The van der Waals surface area contributed by atoms with Crippen molar-refractivity contribution < 1.29 is 0 Å². The summed E-state index contributed by atoms with van der Waals surface area (Å²) in [5, 5.41) is 3.62. The second kappa shape index (κ2) is 6.39. The Morgan fingerprint density at radius 2 is 1.81 bits per heavy atom. The first kappa shape index (κ1) is 14.9. The molecule has 1 saturated heterocycles. The molecular formula is C17H30N4. The van der Waals surface area contributed by atoms with Crippen LogP contribution in [0.2, 0.25) is 0 Å². The van der Waals surface area contributed by atoms with E-state index in [1.54, 1.807) is 0 Å². The van der Waals surface area contributed by atoms with Crippen LogP contribution in [0.4, 0.5) is 5.95 Å². The van der Waals surface area contributed by atoms with E-state index < -0.39 is 0 Å². The SMILES string of the molecule is CCc1cn(C2CCCCC2)c(N2CC(C)NC(C)C2)n1. The average Bonchev–Trinajstić information content (AvgIpc) is 2.91. The first-order valence-electron chi connectivity index (χ1n) is 8.76. The number of nitrogens with one attached hydrogen (secondary N) is 1. The van der Waals surface area contributed by atoms with Gasteiger partial charge in [-0.05, 0) is 33.1 Å². The highest BCUT2D eigenvalue weighted by Gasteiger charge is 2.27. The van der Waals surface area contributed by atoms with E-state index in [1.165, 1.54) is 43.7 Å². The quantitative estimate of drug-likeness (QED) is 0.928. The monoisotopic (exact) mass is 290 g/mol. The molecule has 1 N–H and O–H groups in total. The summed E-state index contributed by atoms with van der Waals surface area (Å²) < 4.78 is 2.50. The van der Waals surface area contributed by atoms with Crippen molar-refractivity contribution in [1.29, 1.82) is 0 Å². The normalized spacial score (nSPS) is 28.0. The Balaban J connectivity index is 1.87. The minimum Gasteiger partial charge on any atom is -0.339 e. The van der Waals surface area contributed by atoms with Crippen LogP contribution in [0.3, 0.4) is 0 Å². The topological polar surface area (TPSA) is 33.1 Å². The van der Waals surface area contributed by atoms with E-state index in [-0.39, 0.29) is 0 Å². The van der Waals surface area contributed by atoms with Gasteiger partial charge in [0, 0.05) is 37.4 Å². The van der Waals surface area contributed by atoms with E-state index in [0.717, 1.165) is 19.5 Å². The summed E-state index contributed by atoms with van der Waals surface area (Å²) in [5.74, 6) is 1.22. The maximum absolute atomic E-state index is 4.96. The third-order valence-corrected chi connectivity index (χ3v) is 4.93. The molecule has 0 spiro atoms. The Morgan fingerprint density at radius 3 is 2.43 bits per heavy atom. The molecule has 0 aromatic carbocycles. The summed E-state index contributed by atoms with van der Waals surface area (Å²) >= 11 is 0. The van der Waals surface area contributed by atoms with E-state index in [1.807, 2.05) is 0 Å². The molecule has 0 bridgehead atoms. The predicted octanol–water partition coefficient (Wildman–Crippen LogP) is 3.14. The fourth-order valence-corrected chi connectivity index (χ4v) is 3.96. The van der Waals surface area contributed by atoms with Gasteiger partial charge in [-0.3, -0.25) is 0 Å². The highest BCUT2D eigenvalue weighted by atomic mass is 15.3. The Kier molecular flexibility index (Phi) is 4.53. The number of imidazole rings is 1. The molecule has 2 atom stereocenters. The molecule has 0 radical (unpaired) electrons. The number of anilines is 1. The van der Waals surface area contributed by atoms with E-state index in [4.69, 9.17) is 4.98 Å². The predicted molar refractivity (Wildman–Crippen MR) is 88.0 cm³/mol. The van der Waals surface area contributed by atoms with Gasteiger partial charge in [-0.25, -0.2) is 4.98 Å². The second-order valence-electron chi connectivity index (χ2n) is 6.96. The standard InChI is InChI=1S/C17H30N4/c1-4-15-12-21(16-8-6-5-7-9-16)17(19-15)20-10-13(2)18-14(3)11-20/h12-14,16,18H,4-11H2,1-3H3. The van der Waals surface area contributed by atoms with Crippen LogP contribution in [0.1, 0.15) is 64.6 Å². The van der Waals surface area contributed by atoms with Gasteiger partial charge in [-0.2, -0.15) is 0 Å². The number of piperazine rings is 1. The minimum absolute atomic E-state index is 0.537. The molecule has 2 heterocycles. The fraction of sp³-hybridized carbons (Fsp3) is 0.824. The number of hydrogen-bond donors (Lipinski definition) is 1. The zero-order chi connectivity index (χ0) is 14.8. The van der Waals surface area contributed by atoms with Crippen LogP contribution in [0, 0.1) is 0 Å². The van der Waals surface area contributed by atoms with E-state index >= 15 is 0 Å². The van der Waals surface area contributed by atoms with Crippen molar-refractivity contribution >= 4 is 5.95 Å². The van der Waals surface area contributed by atoms with Crippen LogP contribution in [0.15, 0.2) is 6.20 Å². The van der Waals surface area contributed by atoms with Gasteiger partial charge in [-0.15, -0.1) is 0 Å². The minimum atomic E-state index is 0.537. The number of hydrogen-bond acceptors (Lipinski definition) is 3. The maximum Gasteiger partial charge on any atom is 0.206 e. The van der Waals surface area contributed by atoms with Gasteiger partial charge in [0.15, 0.2) is 0 Å². The van der Waals surface area contributed by atoms with E-state index in [0.29, 0.717) is 18.1 Å². The summed E-state index contributed by atoms with van der Waals surface area (Å²) in [6.45, 7) is 8.89. The van der Waals surface area contributed by atoms with E-state index in [2.05, 4.69) is 41.8 Å². The lowest BCUT2D eigenvalue weighted by Crippen LogP contribution is -2.55. The van der Waals surface area contributed by atoms with Gasteiger partial charge in [-0.1, -0.05) is 26.2 Å². The van der Waals surface area contributed by atoms with Crippen molar-refractivity contribution in [1.82, 2.24) is 14.9 Å². The van der Waals surface area contributed by atoms with Gasteiger partial charge < -0.3 is 14.8 Å². The molecule has 4 heteroatoms. The molecule has 1 aliphatic carbocycles. The maximum atomic E-state index is 4.96. The molecule has 4 nitrogen and oxygen atoms in total. The fourth-order valence-electron chi connectivity index (χ4n) is 3.96. The molecule has 2 fully saturated rings. The van der Waals surface area contributed by atoms with Crippen molar-refractivity contribution in [2.75, 3.05) is 18.0 Å². The molecule has 1 saturated carbocycles. The van der Waals surface area contributed by atoms with Crippen LogP contribution < -0.4 is 10.2 Å². The molecule has 2 aliphatic rings. The zero-order valence-corrected chi connectivity index (χ0v) is 13.8.